The molecule has 0 saturated heterocycles. The average molecular weight is 1550 g/mol. The van der Waals surface area contributed by atoms with Crippen LogP contribution in [0.4, 0.5) is 0 Å². The predicted octanol–water partition coefficient (Wildman–Crippen LogP) is 30.4. The minimum Gasteiger partial charge on any atom is -0.492 e. The predicted molar refractivity (Wildman–Crippen MR) is 475 cm³/mol. The summed E-state index contributed by atoms with van der Waals surface area (Å²) in [7, 11) is 0. The Hall–Kier alpha value is -3.92. The van der Waals surface area contributed by atoms with Crippen LogP contribution in [-0.4, -0.2) is 51.5 Å². The van der Waals surface area contributed by atoms with Crippen LogP contribution in [0.3, 0.4) is 0 Å². The fourth-order valence-corrected chi connectivity index (χ4v) is 23.1. The maximum Gasteiger partial charge on any atom is 0.136 e. The van der Waals surface area contributed by atoms with Crippen LogP contribution in [0.1, 0.15) is 329 Å². The van der Waals surface area contributed by atoms with Gasteiger partial charge in [-0.1, -0.05) is 366 Å². The molecular weight excluding hydrogens is 1430 g/mol. The van der Waals surface area contributed by atoms with Gasteiger partial charge in [0.2, 0.25) is 0 Å². The standard InChI is InChI=1S/C92H126O4S8/c1-11-17-21-25-29-33-37-41-45-49-65-93-81-71-79(83(69-75(81)15-5)95-67-51-47-43-39-35-31-27-23-19-13-3)63-57-73-53-59-77(60-54-73)85(87-101-89(97-7)90(98-8)102-87)86(88-103-91(99-9)92(100-10)104-88)78-61-55-74(56-62-78)58-64-80-72-82(94-66-50-46-42-38-34-30-26-22-18-12-2)76(16-6)70-84(80)96-68-52-48-44-40-36-32-28-24-20-14-4/h5-6,53-56,59-62,69-72H,11-14,17-52,65-68H2,1-4,7-10H3. The number of thioether (sulfide) groups is 8. The number of rotatable bonds is 55. The van der Waals surface area contributed by atoms with Crippen molar-refractivity contribution in [3.63, 3.8) is 0 Å². The lowest BCUT2D eigenvalue weighted by atomic mass is 9.93. The SMILES string of the molecule is C#Cc1cc(OCCCCCCCCCCCC)c(C#Cc2ccc(C(=C3SC(SC)=C(SC)S3)C(=C3SC(SC)=C(SC)S3)c3ccc(C#Cc4cc(OCCCCCCCCCCCC)c(C#C)cc4OCCCCCCCCCCCC)cc3)cc2)cc1OCCCCCCCCCCCC. The molecule has 566 valence electrons. The Morgan fingerprint density at radius 2 is 0.500 bits per heavy atom. The molecule has 4 nitrogen and oxygen atoms in total. The van der Waals surface area contributed by atoms with Gasteiger partial charge >= 0.3 is 0 Å². The second-order valence-corrected chi connectivity index (χ2v) is 36.4. The molecule has 104 heavy (non-hydrogen) atoms. The molecule has 0 spiro atoms. The lowest BCUT2D eigenvalue weighted by Crippen LogP contribution is -2.03. The van der Waals surface area contributed by atoms with Gasteiger partial charge in [0.05, 0.1) is 74.1 Å². The Labute approximate surface area is 668 Å². The molecule has 0 atom stereocenters. The van der Waals surface area contributed by atoms with Crippen molar-refractivity contribution in [3.8, 4) is 71.4 Å². The fraction of sp³-hybridized carbons (Fsp3) is 0.565. The Bertz CT molecular complexity index is 3200. The fourth-order valence-electron chi connectivity index (χ4n) is 12.8. The van der Waals surface area contributed by atoms with Gasteiger partial charge in [-0.3, -0.25) is 0 Å². The topological polar surface area (TPSA) is 36.9 Å². The minimum absolute atomic E-state index is 0.618. The van der Waals surface area contributed by atoms with Crippen molar-refractivity contribution in [1.82, 2.24) is 0 Å². The minimum atomic E-state index is 0.618. The molecule has 0 aromatic heterocycles. The Morgan fingerprint density at radius 3 is 0.721 bits per heavy atom. The molecule has 4 aromatic carbocycles. The van der Waals surface area contributed by atoms with E-state index in [1.165, 1.54) is 242 Å². The molecule has 0 bridgehead atoms. The Balaban J connectivity index is 1.30. The summed E-state index contributed by atoms with van der Waals surface area (Å²) in [6.45, 7) is 11.6. The highest BCUT2D eigenvalue weighted by atomic mass is 32.3. The first-order valence-electron chi connectivity index (χ1n) is 40.2. The summed E-state index contributed by atoms with van der Waals surface area (Å²) in [6, 6.07) is 25.8. The van der Waals surface area contributed by atoms with E-state index in [-0.39, 0.29) is 0 Å². The van der Waals surface area contributed by atoms with Crippen LogP contribution in [0.5, 0.6) is 23.0 Å². The van der Waals surface area contributed by atoms with Gasteiger partial charge < -0.3 is 18.9 Å². The average Bonchev–Trinajstić information content (AvgIpc) is 1.55. The molecule has 0 fully saturated rings. The monoisotopic (exact) mass is 1550 g/mol. The summed E-state index contributed by atoms with van der Waals surface area (Å²) in [5.41, 5.74) is 9.54. The van der Waals surface area contributed by atoms with Gasteiger partial charge in [-0.05, 0) is 86.1 Å². The third-order valence-electron chi connectivity index (χ3n) is 19.0. The van der Waals surface area contributed by atoms with Crippen molar-refractivity contribution < 1.29 is 18.9 Å². The molecule has 2 aliphatic rings. The number of unbranched alkanes of at least 4 members (excludes halogenated alkanes) is 36. The van der Waals surface area contributed by atoms with Gasteiger partial charge in [-0.2, -0.15) is 0 Å². The van der Waals surface area contributed by atoms with E-state index in [4.69, 9.17) is 31.8 Å². The van der Waals surface area contributed by atoms with Crippen LogP contribution in [0.2, 0.25) is 0 Å². The second kappa shape index (κ2) is 56.3. The van der Waals surface area contributed by atoms with Crippen LogP contribution in [0.15, 0.2) is 98.2 Å². The van der Waals surface area contributed by atoms with Crippen LogP contribution in [0.25, 0.3) is 11.1 Å². The lowest BCUT2D eigenvalue weighted by molar-refractivity contribution is 0.295. The summed E-state index contributed by atoms with van der Waals surface area (Å²) in [4.78, 5) is 0. The highest BCUT2D eigenvalue weighted by Gasteiger charge is 2.31. The maximum atomic E-state index is 6.62. The van der Waals surface area contributed by atoms with E-state index in [0.717, 1.165) is 96.2 Å². The van der Waals surface area contributed by atoms with Crippen molar-refractivity contribution >= 4 is 105 Å². The molecular formula is C92H126O4S8. The van der Waals surface area contributed by atoms with Gasteiger partial charge in [0.1, 0.15) is 23.0 Å². The number of ether oxygens (including phenoxy) is 4. The first kappa shape index (κ1) is 89.0. The van der Waals surface area contributed by atoms with Crippen molar-refractivity contribution in [3.05, 3.63) is 143 Å². The van der Waals surface area contributed by atoms with Crippen molar-refractivity contribution in [2.24, 2.45) is 0 Å². The van der Waals surface area contributed by atoms with Crippen molar-refractivity contribution in [2.45, 2.75) is 285 Å². The van der Waals surface area contributed by atoms with E-state index >= 15 is 0 Å². The molecule has 12 heteroatoms. The molecule has 4 aromatic rings. The summed E-state index contributed by atoms with van der Waals surface area (Å²) in [6.07, 6.45) is 72.0. The van der Waals surface area contributed by atoms with Crippen molar-refractivity contribution in [2.75, 3.05) is 51.5 Å². The van der Waals surface area contributed by atoms with Crippen LogP contribution < -0.4 is 18.9 Å². The molecule has 0 saturated carbocycles. The normalized spacial score (nSPS) is 12.7. The third kappa shape index (κ3) is 33.5. The van der Waals surface area contributed by atoms with E-state index in [0.29, 0.717) is 49.1 Å². The Kier molecular flexibility index (Phi) is 48.2. The number of hydrogen-bond donors (Lipinski definition) is 0. The smallest absolute Gasteiger partial charge is 0.136 e. The zero-order valence-electron chi connectivity index (χ0n) is 65.1. The summed E-state index contributed by atoms with van der Waals surface area (Å²) < 4.78 is 34.1. The Morgan fingerprint density at radius 1 is 0.288 bits per heavy atom. The molecule has 2 heterocycles. The number of allylic oxidation sites excluding steroid dienone is 2. The highest BCUT2D eigenvalue weighted by Crippen LogP contribution is 2.64. The largest absolute Gasteiger partial charge is 0.492 e. The number of benzene rings is 4. The molecule has 0 aliphatic carbocycles. The van der Waals surface area contributed by atoms with Gasteiger partial charge in [0.15, 0.2) is 0 Å². The molecule has 6 rings (SSSR count). The maximum absolute atomic E-state index is 6.62. The molecule has 0 unspecified atom stereocenters. The van der Waals surface area contributed by atoms with Crippen molar-refractivity contribution in [1.29, 1.82) is 0 Å². The van der Waals surface area contributed by atoms with Crippen LogP contribution in [0, 0.1) is 48.4 Å². The second-order valence-electron chi connectivity index (χ2n) is 27.5. The quantitative estimate of drug-likeness (QED) is 0.0312. The first-order valence-corrected chi connectivity index (χ1v) is 48.3. The molecule has 0 N–H and O–H groups in total. The van der Waals surface area contributed by atoms with Crippen LogP contribution >= 0.6 is 94.1 Å². The van der Waals surface area contributed by atoms with Gasteiger partial charge in [-0.15, -0.1) is 59.9 Å². The zero-order valence-corrected chi connectivity index (χ0v) is 71.6. The van der Waals surface area contributed by atoms with E-state index in [9.17, 15) is 0 Å². The summed E-state index contributed by atoms with van der Waals surface area (Å²) in [5.74, 6) is 23.0. The number of hydrogen-bond acceptors (Lipinski definition) is 12. The molecule has 0 radical (unpaired) electrons. The molecule has 0 amide bonds. The van der Waals surface area contributed by atoms with E-state index in [2.05, 4.69) is 137 Å². The van der Waals surface area contributed by atoms with Gasteiger partial charge in [-0.25, -0.2) is 0 Å². The van der Waals surface area contributed by atoms with E-state index < -0.39 is 0 Å². The highest BCUT2D eigenvalue weighted by molar-refractivity contribution is 8.41. The lowest BCUT2D eigenvalue weighted by Gasteiger charge is -2.19. The van der Waals surface area contributed by atoms with Gasteiger partial charge in [0, 0.05) is 46.5 Å². The van der Waals surface area contributed by atoms with Crippen LogP contribution in [-0.2, 0) is 0 Å². The van der Waals surface area contributed by atoms with E-state index in [1.807, 2.05) is 118 Å². The first-order chi connectivity index (χ1) is 51.3. The zero-order chi connectivity index (χ0) is 73.9. The summed E-state index contributed by atoms with van der Waals surface area (Å²) >= 11 is 14.9. The molecule has 2 aliphatic heterocycles. The third-order valence-corrected chi connectivity index (χ3v) is 29.5. The summed E-state index contributed by atoms with van der Waals surface area (Å²) in [5, 5.41) is 0. The number of terminal acetylenes is 2. The van der Waals surface area contributed by atoms with Gasteiger partial charge in [0.25, 0.3) is 0 Å². The van der Waals surface area contributed by atoms with E-state index in [1.54, 1.807) is 0 Å².